The molecule has 0 bridgehead atoms. The van der Waals surface area contributed by atoms with E-state index in [2.05, 4.69) is 29.0 Å². The van der Waals surface area contributed by atoms with Gasteiger partial charge < -0.3 is 9.47 Å². The van der Waals surface area contributed by atoms with Crippen molar-refractivity contribution < 1.29 is 9.18 Å². The van der Waals surface area contributed by atoms with E-state index in [1.54, 1.807) is 12.1 Å². The molecule has 1 aliphatic heterocycles. The van der Waals surface area contributed by atoms with Gasteiger partial charge in [0, 0.05) is 35.9 Å². The molecule has 0 saturated heterocycles. The van der Waals surface area contributed by atoms with Crippen LogP contribution in [0.5, 0.6) is 0 Å². The third-order valence-electron chi connectivity index (χ3n) is 5.89. The van der Waals surface area contributed by atoms with Gasteiger partial charge in [-0.25, -0.2) is 4.39 Å². The molecule has 2 heterocycles. The molecule has 30 heavy (non-hydrogen) atoms. The summed E-state index contributed by atoms with van der Waals surface area (Å²) in [7, 11) is 0. The third-order valence-corrected chi connectivity index (χ3v) is 5.89. The minimum absolute atomic E-state index is 0.131. The Labute approximate surface area is 175 Å². The van der Waals surface area contributed by atoms with Gasteiger partial charge in [0.05, 0.1) is 6.42 Å². The van der Waals surface area contributed by atoms with E-state index in [0.717, 1.165) is 47.1 Å². The van der Waals surface area contributed by atoms with E-state index in [4.69, 9.17) is 0 Å². The number of hydrogen-bond donors (Lipinski definition) is 0. The standard InChI is InChI=1S/C26H23FN2O/c27-22-13-11-19(12-14-22)17-28-18-21(23-8-2-4-10-25(23)28)16-26(30)29-15-5-7-20-6-1-3-9-24(20)29/h1-4,6,8-14,18H,5,7,15-17H2. The number of carbonyl (C=O) groups is 1. The molecule has 3 nitrogen and oxygen atoms in total. The molecule has 150 valence electrons. The maximum absolute atomic E-state index is 13.3. The molecule has 4 heteroatoms. The van der Waals surface area contributed by atoms with E-state index in [1.807, 2.05) is 35.2 Å². The normalized spacial score (nSPS) is 13.4. The molecule has 0 atom stereocenters. The molecule has 1 aromatic heterocycles. The number of carbonyl (C=O) groups excluding carboxylic acids is 1. The van der Waals surface area contributed by atoms with Gasteiger partial charge in [-0.3, -0.25) is 4.79 Å². The zero-order valence-electron chi connectivity index (χ0n) is 16.7. The van der Waals surface area contributed by atoms with Crippen LogP contribution >= 0.6 is 0 Å². The maximum Gasteiger partial charge on any atom is 0.231 e. The van der Waals surface area contributed by atoms with Crippen LogP contribution in [0.3, 0.4) is 0 Å². The SMILES string of the molecule is O=C(Cc1cn(Cc2ccc(F)cc2)c2ccccc12)N1CCCc2ccccc21. The predicted molar refractivity (Wildman–Crippen MR) is 118 cm³/mol. The first-order valence-corrected chi connectivity index (χ1v) is 10.4. The number of benzene rings is 3. The highest BCUT2D eigenvalue weighted by atomic mass is 19.1. The number of aromatic nitrogens is 1. The monoisotopic (exact) mass is 398 g/mol. The molecule has 0 saturated carbocycles. The number of halogens is 1. The number of para-hydroxylation sites is 2. The first-order valence-electron chi connectivity index (χ1n) is 10.4. The molecule has 0 N–H and O–H groups in total. The first-order chi connectivity index (χ1) is 14.7. The van der Waals surface area contributed by atoms with Crippen LogP contribution in [0, 0.1) is 5.82 Å². The van der Waals surface area contributed by atoms with Crippen LogP contribution < -0.4 is 4.90 Å². The number of nitrogens with zero attached hydrogens (tertiary/aromatic N) is 2. The predicted octanol–water partition coefficient (Wildman–Crippen LogP) is 5.35. The van der Waals surface area contributed by atoms with Crippen molar-refractivity contribution in [3.63, 3.8) is 0 Å². The molecule has 4 aromatic rings. The van der Waals surface area contributed by atoms with Gasteiger partial charge >= 0.3 is 0 Å². The van der Waals surface area contributed by atoms with Crippen molar-refractivity contribution in [3.8, 4) is 0 Å². The number of aryl methyl sites for hydroxylation is 1. The second-order valence-electron chi connectivity index (χ2n) is 7.88. The van der Waals surface area contributed by atoms with Crippen molar-refractivity contribution in [1.29, 1.82) is 0 Å². The Morgan fingerprint density at radius 1 is 0.933 bits per heavy atom. The summed E-state index contributed by atoms with van der Waals surface area (Å²) in [5.74, 6) is -0.101. The summed E-state index contributed by atoms with van der Waals surface area (Å²) in [5.41, 5.74) is 5.43. The summed E-state index contributed by atoms with van der Waals surface area (Å²) in [6.07, 6.45) is 4.46. The molecule has 1 aliphatic rings. The highest BCUT2D eigenvalue weighted by Gasteiger charge is 2.23. The lowest BCUT2D eigenvalue weighted by Gasteiger charge is -2.29. The summed E-state index contributed by atoms with van der Waals surface area (Å²) in [6.45, 7) is 1.41. The average molecular weight is 398 g/mol. The number of hydrogen-bond acceptors (Lipinski definition) is 1. The molecule has 0 aliphatic carbocycles. The lowest BCUT2D eigenvalue weighted by molar-refractivity contribution is -0.118. The lowest BCUT2D eigenvalue weighted by Crippen LogP contribution is -2.36. The second kappa shape index (κ2) is 7.79. The average Bonchev–Trinajstić information content (AvgIpc) is 3.12. The van der Waals surface area contributed by atoms with E-state index < -0.39 is 0 Å². The van der Waals surface area contributed by atoms with Gasteiger partial charge in [-0.2, -0.15) is 0 Å². The molecule has 1 amide bonds. The summed E-state index contributed by atoms with van der Waals surface area (Å²) in [5, 5.41) is 1.10. The number of amides is 1. The summed E-state index contributed by atoms with van der Waals surface area (Å²) < 4.78 is 15.4. The molecule has 5 rings (SSSR count). The van der Waals surface area contributed by atoms with E-state index in [-0.39, 0.29) is 11.7 Å². The van der Waals surface area contributed by atoms with Gasteiger partial charge in [-0.15, -0.1) is 0 Å². The Bertz CT molecular complexity index is 1210. The highest BCUT2D eigenvalue weighted by molar-refractivity contribution is 5.98. The van der Waals surface area contributed by atoms with Crippen LogP contribution in [0.4, 0.5) is 10.1 Å². The van der Waals surface area contributed by atoms with Crippen molar-refractivity contribution in [3.05, 3.63) is 102 Å². The van der Waals surface area contributed by atoms with Crippen molar-refractivity contribution >= 4 is 22.5 Å². The molecule has 0 radical (unpaired) electrons. The molecular formula is C26H23FN2O. The minimum Gasteiger partial charge on any atom is -0.343 e. The van der Waals surface area contributed by atoms with Crippen LogP contribution in [0.15, 0.2) is 79.0 Å². The Balaban J connectivity index is 1.45. The van der Waals surface area contributed by atoms with Crippen molar-refractivity contribution in [2.75, 3.05) is 11.4 Å². The zero-order chi connectivity index (χ0) is 20.5. The molecule has 3 aromatic carbocycles. The smallest absolute Gasteiger partial charge is 0.231 e. The Kier molecular flexibility index (Phi) is 4.83. The number of fused-ring (bicyclic) bond motifs is 2. The van der Waals surface area contributed by atoms with Gasteiger partial charge in [0.1, 0.15) is 5.82 Å². The maximum atomic E-state index is 13.3. The molecule has 0 unspecified atom stereocenters. The van der Waals surface area contributed by atoms with Gasteiger partial charge in [0.15, 0.2) is 0 Å². The van der Waals surface area contributed by atoms with Gasteiger partial charge in [0.2, 0.25) is 5.91 Å². The molecular weight excluding hydrogens is 375 g/mol. The van der Waals surface area contributed by atoms with Gasteiger partial charge in [-0.05, 0) is 53.8 Å². The second-order valence-corrected chi connectivity index (χ2v) is 7.88. The number of anilines is 1. The van der Waals surface area contributed by atoms with Gasteiger partial charge in [0.25, 0.3) is 0 Å². The fourth-order valence-corrected chi connectivity index (χ4v) is 4.43. The van der Waals surface area contributed by atoms with Gasteiger partial charge in [-0.1, -0.05) is 48.5 Å². The van der Waals surface area contributed by atoms with E-state index >= 15 is 0 Å². The van der Waals surface area contributed by atoms with Crippen LogP contribution in [-0.2, 0) is 24.2 Å². The van der Waals surface area contributed by atoms with Crippen molar-refractivity contribution in [1.82, 2.24) is 4.57 Å². The fourth-order valence-electron chi connectivity index (χ4n) is 4.43. The first kappa shape index (κ1) is 18.6. The lowest BCUT2D eigenvalue weighted by atomic mass is 10.0. The topological polar surface area (TPSA) is 25.2 Å². The quantitative estimate of drug-likeness (QED) is 0.455. The Hall–Kier alpha value is -3.40. The Morgan fingerprint density at radius 3 is 2.57 bits per heavy atom. The minimum atomic E-state index is -0.232. The fraction of sp³-hybridized carbons (Fsp3) is 0.192. The highest BCUT2D eigenvalue weighted by Crippen LogP contribution is 2.29. The summed E-state index contributed by atoms with van der Waals surface area (Å²) in [4.78, 5) is 15.2. The van der Waals surface area contributed by atoms with Crippen LogP contribution in [0.1, 0.15) is 23.1 Å². The molecule has 0 fully saturated rings. The van der Waals surface area contributed by atoms with E-state index in [1.165, 1.54) is 17.7 Å². The van der Waals surface area contributed by atoms with Crippen molar-refractivity contribution in [2.45, 2.75) is 25.8 Å². The largest absolute Gasteiger partial charge is 0.343 e. The summed E-state index contributed by atoms with van der Waals surface area (Å²) in [6, 6.07) is 22.9. The van der Waals surface area contributed by atoms with E-state index in [9.17, 15) is 9.18 Å². The Morgan fingerprint density at radius 2 is 1.70 bits per heavy atom. The third kappa shape index (κ3) is 3.50. The van der Waals surface area contributed by atoms with E-state index in [0.29, 0.717) is 13.0 Å². The zero-order valence-corrected chi connectivity index (χ0v) is 16.7. The van der Waals surface area contributed by atoms with Crippen molar-refractivity contribution in [2.24, 2.45) is 0 Å². The summed E-state index contributed by atoms with van der Waals surface area (Å²) >= 11 is 0. The molecule has 0 spiro atoms. The van der Waals surface area contributed by atoms with Crippen LogP contribution in [0.25, 0.3) is 10.9 Å². The van der Waals surface area contributed by atoms with Crippen LogP contribution in [0.2, 0.25) is 0 Å². The number of rotatable bonds is 4. The van der Waals surface area contributed by atoms with Crippen LogP contribution in [-0.4, -0.2) is 17.0 Å².